The summed E-state index contributed by atoms with van der Waals surface area (Å²) in [7, 11) is 0. The first-order valence-corrected chi connectivity index (χ1v) is 18.5. The van der Waals surface area contributed by atoms with Crippen LogP contribution in [0.4, 0.5) is 10.1 Å². The van der Waals surface area contributed by atoms with E-state index in [0.29, 0.717) is 42.6 Å². The first kappa shape index (κ1) is 35.1. The zero-order chi connectivity index (χ0) is 34.5. The van der Waals surface area contributed by atoms with Crippen molar-refractivity contribution in [2.45, 2.75) is 103 Å². The third-order valence-corrected chi connectivity index (χ3v) is 12.0. The average molecular weight is 669 g/mol. The zero-order valence-electron chi connectivity index (χ0n) is 29.1. The highest BCUT2D eigenvalue weighted by Gasteiger charge is 2.59. The number of benzene rings is 3. The second-order valence-corrected chi connectivity index (χ2v) is 15.2. The highest BCUT2D eigenvalue weighted by atomic mass is 19.1. The SMILES string of the molecule is CC(=O)Nc1ccc(C(=O)N(CCCCCC[C@@H]2Cc3cc(O)ccc3[C@@H]3[C@@H]2[C@@H]2CC[C@H](O)[C@@]2(C)C[C@@H]3F)CCCc2ccccc2)cc1. The fourth-order valence-corrected chi connectivity index (χ4v) is 9.61. The van der Waals surface area contributed by atoms with Crippen molar-refractivity contribution in [1.29, 1.82) is 0 Å². The number of aliphatic hydroxyl groups is 1. The van der Waals surface area contributed by atoms with E-state index in [9.17, 15) is 19.8 Å². The van der Waals surface area contributed by atoms with Gasteiger partial charge in [0.1, 0.15) is 11.9 Å². The summed E-state index contributed by atoms with van der Waals surface area (Å²) in [6.07, 6.45) is 8.35. The van der Waals surface area contributed by atoms with Crippen LogP contribution < -0.4 is 5.32 Å². The molecule has 0 radical (unpaired) electrons. The van der Waals surface area contributed by atoms with E-state index < -0.39 is 12.3 Å². The number of nitrogens with zero attached hydrogens (tertiary/aromatic N) is 1. The third kappa shape index (κ3) is 7.88. The molecule has 0 saturated heterocycles. The van der Waals surface area contributed by atoms with Gasteiger partial charge in [-0.2, -0.15) is 0 Å². The highest BCUT2D eigenvalue weighted by molar-refractivity contribution is 5.95. The largest absolute Gasteiger partial charge is 0.508 e. The van der Waals surface area contributed by atoms with Crippen molar-refractivity contribution in [3.8, 4) is 5.75 Å². The van der Waals surface area contributed by atoms with Gasteiger partial charge in [-0.3, -0.25) is 9.59 Å². The van der Waals surface area contributed by atoms with E-state index in [1.165, 1.54) is 12.5 Å². The lowest BCUT2D eigenvalue weighted by Gasteiger charge is -2.54. The molecule has 7 atom stereocenters. The molecule has 0 spiro atoms. The van der Waals surface area contributed by atoms with Crippen molar-refractivity contribution in [3.05, 3.63) is 95.1 Å². The lowest BCUT2D eigenvalue weighted by Crippen LogP contribution is -2.51. The first-order chi connectivity index (χ1) is 23.6. The van der Waals surface area contributed by atoms with Crippen molar-refractivity contribution in [1.82, 2.24) is 4.90 Å². The maximum Gasteiger partial charge on any atom is 0.253 e. The molecule has 3 N–H and O–H groups in total. The normalized spacial score (nSPS) is 27.1. The number of nitrogens with one attached hydrogen (secondary N) is 1. The molecule has 7 heteroatoms. The molecule has 2 fully saturated rings. The van der Waals surface area contributed by atoms with Crippen LogP contribution in [0.15, 0.2) is 72.8 Å². The second-order valence-electron chi connectivity index (χ2n) is 15.2. The van der Waals surface area contributed by atoms with Gasteiger partial charge in [0, 0.05) is 37.2 Å². The van der Waals surface area contributed by atoms with E-state index in [1.54, 1.807) is 30.3 Å². The number of alkyl halides is 1. The van der Waals surface area contributed by atoms with Crippen LogP contribution in [0, 0.1) is 23.2 Å². The van der Waals surface area contributed by atoms with Gasteiger partial charge < -0.3 is 20.4 Å². The number of carbonyl (C=O) groups is 2. The predicted molar refractivity (Wildman–Crippen MR) is 192 cm³/mol. The van der Waals surface area contributed by atoms with Crippen LogP contribution in [0.3, 0.4) is 0 Å². The number of halogens is 1. The molecule has 49 heavy (non-hydrogen) atoms. The molecule has 0 bridgehead atoms. The van der Waals surface area contributed by atoms with E-state index in [2.05, 4.69) is 24.4 Å². The van der Waals surface area contributed by atoms with Crippen LogP contribution in [-0.4, -0.2) is 52.3 Å². The molecule has 6 nitrogen and oxygen atoms in total. The molecular formula is C42H53FN2O4. The summed E-state index contributed by atoms with van der Waals surface area (Å²) in [6, 6.07) is 23.0. The van der Waals surface area contributed by atoms with Gasteiger partial charge in [0.2, 0.25) is 5.91 Å². The third-order valence-electron chi connectivity index (χ3n) is 12.0. The van der Waals surface area contributed by atoms with E-state index >= 15 is 4.39 Å². The van der Waals surface area contributed by atoms with Crippen LogP contribution in [0.5, 0.6) is 5.75 Å². The Bertz CT molecular complexity index is 1580. The number of carbonyl (C=O) groups excluding carboxylic acids is 2. The molecule has 0 aromatic heterocycles. The van der Waals surface area contributed by atoms with Gasteiger partial charge in [-0.05, 0) is 128 Å². The summed E-state index contributed by atoms with van der Waals surface area (Å²) in [5, 5.41) is 24.0. The number of unbranched alkanes of at least 4 members (excludes halogenated alkanes) is 3. The predicted octanol–water partition coefficient (Wildman–Crippen LogP) is 8.47. The summed E-state index contributed by atoms with van der Waals surface area (Å²) in [5.41, 5.74) is 4.35. The molecule has 6 rings (SSSR count). The van der Waals surface area contributed by atoms with Crippen molar-refractivity contribution in [3.63, 3.8) is 0 Å². The maximum atomic E-state index is 16.1. The smallest absolute Gasteiger partial charge is 0.253 e. The lowest BCUT2D eigenvalue weighted by molar-refractivity contribution is -0.114. The van der Waals surface area contributed by atoms with Crippen molar-refractivity contribution in [2.24, 2.45) is 23.2 Å². The quantitative estimate of drug-likeness (QED) is 0.160. The Balaban J connectivity index is 1.07. The minimum Gasteiger partial charge on any atom is -0.508 e. The van der Waals surface area contributed by atoms with Gasteiger partial charge in [0.05, 0.1) is 6.10 Å². The molecule has 3 aromatic carbocycles. The maximum absolute atomic E-state index is 16.1. The van der Waals surface area contributed by atoms with Crippen LogP contribution in [0.25, 0.3) is 0 Å². The van der Waals surface area contributed by atoms with Gasteiger partial charge >= 0.3 is 0 Å². The van der Waals surface area contributed by atoms with Gasteiger partial charge in [-0.1, -0.05) is 62.6 Å². The summed E-state index contributed by atoms with van der Waals surface area (Å²) >= 11 is 0. The number of hydrogen-bond acceptors (Lipinski definition) is 4. The fraction of sp³-hybridized carbons (Fsp3) is 0.524. The number of phenols is 1. The Morgan fingerprint density at radius 3 is 2.43 bits per heavy atom. The van der Waals surface area contributed by atoms with Gasteiger partial charge in [-0.15, -0.1) is 0 Å². The standard InChI is InChI=1S/C42H53FN2O4/c1-28(46)44-33-17-15-30(16-18-33)41(49)45(24-10-13-29-11-6-5-7-12-29)23-9-4-3-8-14-31-25-32-26-34(47)19-20-35(32)40-37(43)27-42(2)36(39(31)40)21-22-38(42)48/h5-7,11-12,15-20,26,31,36-40,47-48H,3-4,8-10,13-14,21-25,27H2,1-2H3,(H,44,46)/t31-,36+,37+,38+,39+,40+,42+/m1/s1. The number of anilines is 1. The minimum atomic E-state index is -0.989. The average Bonchev–Trinajstić information content (AvgIpc) is 3.38. The van der Waals surface area contributed by atoms with Crippen molar-refractivity contribution >= 4 is 17.5 Å². The van der Waals surface area contributed by atoms with Crippen LogP contribution in [0.1, 0.15) is 105 Å². The Kier molecular flexibility index (Phi) is 11.1. The summed E-state index contributed by atoms with van der Waals surface area (Å²) < 4.78 is 16.1. The number of aryl methyl sites for hydroxylation is 1. The van der Waals surface area contributed by atoms with E-state index in [4.69, 9.17) is 0 Å². The van der Waals surface area contributed by atoms with Gasteiger partial charge in [0.15, 0.2) is 0 Å². The lowest BCUT2D eigenvalue weighted by atomic mass is 9.51. The Labute approximate surface area is 291 Å². The number of fused-ring (bicyclic) bond motifs is 5. The summed E-state index contributed by atoms with van der Waals surface area (Å²) in [5.74, 6) is 0.791. The summed E-state index contributed by atoms with van der Waals surface area (Å²) in [6.45, 7) is 4.94. The first-order valence-electron chi connectivity index (χ1n) is 18.5. The van der Waals surface area contributed by atoms with Crippen molar-refractivity contribution < 1.29 is 24.2 Å². The van der Waals surface area contributed by atoms with E-state index in [0.717, 1.165) is 75.3 Å². The number of amides is 2. The number of aliphatic hydroxyl groups excluding tert-OH is 1. The Morgan fingerprint density at radius 1 is 0.939 bits per heavy atom. The molecule has 2 amide bonds. The highest BCUT2D eigenvalue weighted by Crippen LogP contribution is 2.63. The molecule has 0 aliphatic heterocycles. The molecule has 3 aliphatic carbocycles. The molecule has 3 aromatic rings. The molecule has 0 heterocycles. The van der Waals surface area contributed by atoms with Crippen LogP contribution >= 0.6 is 0 Å². The Morgan fingerprint density at radius 2 is 1.67 bits per heavy atom. The van der Waals surface area contributed by atoms with Crippen LogP contribution in [0.2, 0.25) is 0 Å². The summed E-state index contributed by atoms with van der Waals surface area (Å²) in [4.78, 5) is 27.1. The topological polar surface area (TPSA) is 89.9 Å². The van der Waals surface area contributed by atoms with Crippen molar-refractivity contribution in [2.75, 3.05) is 18.4 Å². The molecular weight excluding hydrogens is 615 g/mol. The minimum absolute atomic E-state index is 0.0116. The number of phenolic OH excluding ortho intramolecular Hbond substituents is 1. The van der Waals surface area contributed by atoms with E-state index in [-0.39, 0.29) is 34.8 Å². The fourth-order valence-electron chi connectivity index (χ4n) is 9.61. The number of rotatable bonds is 13. The number of hydrogen-bond donors (Lipinski definition) is 3. The van der Waals surface area contributed by atoms with Crippen LogP contribution in [-0.2, 0) is 17.6 Å². The van der Waals surface area contributed by atoms with Gasteiger partial charge in [0.25, 0.3) is 5.91 Å². The van der Waals surface area contributed by atoms with Gasteiger partial charge in [-0.25, -0.2) is 4.39 Å². The molecule has 3 aliphatic rings. The second kappa shape index (κ2) is 15.5. The zero-order valence-corrected chi connectivity index (χ0v) is 29.1. The van der Waals surface area contributed by atoms with E-state index in [1.807, 2.05) is 35.2 Å². The Hall–Kier alpha value is -3.71. The molecule has 2 saturated carbocycles. The molecule has 262 valence electrons. The number of aromatic hydroxyl groups is 1. The molecule has 0 unspecified atom stereocenters. The monoisotopic (exact) mass is 668 g/mol.